The smallest absolute Gasteiger partial charge is 0.0993 e. The second kappa shape index (κ2) is 4.46. The number of aliphatic hydroxyl groups excluding tert-OH is 1. The molecule has 1 N–H and O–H groups in total. The molecule has 3 atom stereocenters. The maximum absolute atomic E-state index is 10.5. The van der Waals surface area contributed by atoms with E-state index < -0.39 is 11.5 Å². The van der Waals surface area contributed by atoms with Crippen LogP contribution in [-0.2, 0) is 0 Å². The molecule has 0 radical (unpaired) electrons. The molecule has 1 saturated carbocycles. The van der Waals surface area contributed by atoms with Crippen molar-refractivity contribution in [1.82, 2.24) is 4.98 Å². The Morgan fingerprint density at radius 1 is 1.65 bits per heavy atom. The lowest BCUT2D eigenvalue weighted by atomic mass is 9.77. The fourth-order valence-electron chi connectivity index (χ4n) is 2.80. The summed E-state index contributed by atoms with van der Waals surface area (Å²) >= 11 is 0. The van der Waals surface area contributed by atoms with Gasteiger partial charge in [0.15, 0.2) is 0 Å². The summed E-state index contributed by atoms with van der Waals surface area (Å²) in [6.07, 6.45) is 5.25. The molecule has 1 aromatic rings. The van der Waals surface area contributed by atoms with Gasteiger partial charge in [-0.1, -0.05) is 6.92 Å². The first-order valence-corrected chi connectivity index (χ1v) is 6.09. The Hall–Kier alpha value is -1.40. The molecule has 3 unspecified atom stereocenters. The van der Waals surface area contributed by atoms with Gasteiger partial charge in [0.05, 0.1) is 17.6 Å². The zero-order chi connectivity index (χ0) is 12.5. The SMILES string of the molecule is Cc1ccncc1C(O)C1(C#N)CCC(C)C1. The Kier molecular flexibility index (Phi) is 3.17. The van der Waals surface area contributed by atoms with E-state index in [9.17, 15) is 10.4 Å². The average Bonchev–Trinajstić information content (AvgIpc) is 2.72. The topological polar surface area (TPSA) is 56.9 Å². The molecule has 3 nitrogen and oxygen atoms in total. The first-order chi connectivity index (χ1) is 8.09. The van der Waals surface area contributed by atoms with Gasteiger partial charge in [0.25, 0.3) is 0 Å². The average molecular weight is 230 g/mol. The summed E-state index contributed by atoms with van der Waals surface area (Å²) in [5.41, 5.74) is 1.18. The molecule has 1 heterocycles. The zero-order valence-corrected chi connectivity index (χ0v) is 10.3. The molecule has 90 valence electrons. The van der Waals surface area contributed by atoms with E-state index in [1.54, 1.807) is 12.4 Å². The van der Waals surface area contributed by atoms with Crippen LogP contribution >= 0.6 is 0 Å². The van der Waals surface area contributed by atoms with Crippen LogP contribution in [0, 0.1) is 29.6 Å². The first-order valence-electron chi connectivity index (χ1n) is 6.09. The monoisotopic (exact) mass is 230 g/mol. The largest absolute Gasteiger partial charge is 0.387 e. The highest BCUT2D eigenvalue weighted by Crippen LogP contribution is 2.49. The third-order valence-electron chi connectivity index (χ3n) is 3.92. The van der Waals surface area contributed by atoms with Crippen molar-refractivity contribution in [2.24, 2.45) is 11.3 Å². The molecule has 0 spiro atoms. The van der Waals surface area contributed by atoms with Crippen LogP contribution in [0.5, 0.6) is 0 Å². The third-order valence-corrected chi connectivity index (χ3v) is 3.92. The van der Waals surface area contributed by atoms with Crippen molar-refractivity contribution in [2.45, 2.75) is 39.2 Å². The van der Waals surface area contributed by atoms with E-state index in [4.69, 9.17) is 0 Å². The van der Waals surface area contributed by atoms with Gasteiger partial charge >= 0.3 is 0 Å². The van der Waals surface area contributed by atoms with Crippen molar-refractivity contribution in [3.63, 3.8) is 0 Å². The van der Waals surface area contributed by atoms with Crippen molar-refractivity contribution in [1.29, 1.82) is 5.26 Å². The van der Waals surface area contributed by atoms with Crippen molar-refractivity contribution in [3.05, 3.63) is 29.6 Å². The summed E-state index contributed by atoms with van der Waals surface area (Å²) in [7, 11) is 0. The van der Waals surface area contributed by atoms with Gasteiger partial charge in [-0.3, -0.25) is 4.98 Å². The minimum Gasteiger partial charge on any atom is -0.387 e. The minimum atomic E-state index is -0.717. The highest BCUT2D eigenvalue weighted by Gasteiger charge is 2.44. The van der Waals surface area contributed by atoms with Crippen molar-refractivity contribution in [2.75, 3.05) is 0 Å². The minimum absolute atomic E-state index is 0.515. The Balaban J connectivity index is 2.34. The van der Waals surface area contributed by atoms with Crippen LogP contribution in [0.25, 0.3) is 0 Å². The maximum atomic E-state index is 10.5. The normalized spacial score (nSPS) is 29.9. The summed E-state index contributed by atoms with van der Waals surface area (Å²) < 4.78 is 0. The molecule has 0 saturated heterocycles. The molecule has 0 bridgehead atoms. The van der Waals surface area contributed by atoms with Crippen LogP contribution in [0.4, 0.5) is 0 Å². The molecule has 2 rings (SSSR count). The van der Waals surface area contributed by atoms with Gasteiger partial charge in [-0.2, -0.15) is 5.26 Å². The summed E-state index contributed by atoms with van der Waals surface area (Å²) in [6.45, 7) is 4.09. The van der Waals surface area contributed by atoms with Gasteiger partial charge in [0.1, 0.15) is 0 Å². The summed E-state index contributed by atoms with van der Waals surface area (Å²) in [5, 5.41) is 19.9. The number of nitrogens with zero attached hydrogens (tertiary/aromatic N) is 2. The van der Waals surface area contributed by atoms with Gasteiger partial charge in [0.2, 0.25) is 0 Å². The molecule has 1 aliphatic rings. The molecular formula is C14H18N2O. The number of aliphatic hydroxyl groups is 1. The van der Waals surface area contributed by atoms with E-state index in [1.807, 2.05) is 13.0 Å². The van der Waals surface area contributed by atoms with Gasteiger partial charge in [-0.25, -0.2) is 0 Å². The van der Waals surface area contributed by atoms with Crippen LogP contribution in [0.1, 0.15) is 43.4 Å². The number of aryl methyl sites for hydroxylation is 1. The Morgan fingerprint density at radius 2 is 2.41 bits per heavy atom. The Bertz CT molecular complexity index is 452. The highest BCUT2D eigenvalue weighted by molar-refractivity contribution is 5.28. The molecule has 1 aromatic heterocycles. The number of hydrogen-bond acceptors (Lipinski definition) is 3. The molecule has 0 aromatic carbocycles. The van der Waals surface area contributed by atoms with Gasteiger partial charge < -0.3 is 5.11 Å². The van der Waals surface area contributed by atoms with Crippen LogP contribution in [-0.4, -0.2) is 10.1 Å². The number of nitriles is 1. The number of aromatic nitrogens is 1. The summed E-state index contributed by atoms with van der Waals surface area (Å²) in [6, 6.07) is 4.23. The van der Waals surface area contributed by atoms with Crippen LogP contribution in [0.3, 0.4) is 0 Å². The molecule has 1 aliphatic carbocycles. The van der Waals surface area contributed by atoms with Crippen LogP contribution < -0.4 is 0 Å². The summed E-state index contributed by atoms with van der Waals surface area (Å²) in [5.74, 6) is 0.515. The fraction of sp³-hybridized carbons (Fsp3) is 0.571. The molecular weight excluding hydrogens is 212 g/mol. The molecule has 3 heteroatoms. The van der Waals surface area contributed by atoms with E-state index in [0.717, 1.165) is 30.4 Å². The predicted octanol–water partition coefficient (Wildman–Crippen LogP) is 2.75. The zero-order valence-electron chi connectivity index (χ0n) is 10.3. The van der Waals surface area contributed by atoms with Crippen LogP contribution in [0.15, 0.2) is 18.5 Å². The lowest BCUT2D eigenvalue weighted by Gasteiger charge is -2.28. The van der Waals surface area contributed by atoms with Gasteiger partial charge in [-0.05, 0) is 43.7 Å². The lowest BCUT2D eigenvalue weighted by molar-refractivity contribution is 0.0639. The van der Waals surface area contributed by atoms with Gasteiger partial charge in [0, 0.05) is 18.0 Å². The van der Waals surface area contributed by atoms with Crippen molar-refractivity contribution < 1.29 is 5.11 Å². The number of pyridine rings is 1. The van der Waals surface area contributed by atoms with Gasteiger partial charge in [-0.15, -0.1) is 0 Å². The molecule has 0 aliphatic heterocycles. The predicted molar refractivity (Wildman–Crippen MR) is 65.0 cm³/mol. The van der Waals surface area contributed by atoms with E-state index in [-0.39, 0.29) is 0 Å². The van der Waals surface area contributed by atoms with E-state index in [2.05, 4.69) is 18.0 Å². The summed E-state index contributed by atoms with van der Waals surface area (Å²) in [4.78, 5) is 4.05. The molecule has 1 fully saturated rings. The van der Waals surface area contributed by atoms with Crippen molar-refractivity contribution in [3.8, 4) is 6.07 Å². The first kappa shape index (κ1) is 12.1. The maximum Gasteiger partial charge on any atom is 0.0993 e. The number of rotatable bonds is 2. The van der Waals surface area contributed by atoms with Crippen LogP contribution in [0.2, 0.25) is 0 Å². The molecule has 17 heavy (non-hydrogen) atoms. The fourth-order valence-corrected chi connectivity index (χ4v) is 2.80. The van der Waals surface area contributed by atoms with E-state index >= 15 is 0 Å². The standard InChI is InChI=1S/C14H18N2O/c1-10-3-5-14(7-10,9-15)13(17)12-8-16-6-4-11(12)2/h4,6,8,10,13,17H,3,5,7H2,1-2H3. The Labute approximate surface area is 102 Å². The highest BCUT2D eigenvalue weighted by atomic mass is 16.3. The number of hydrogen-bond donors (Lipinski definition) is 1. The lowest BCUT2D eigenvalue weighted by Crippen LogP contribution is -2.25. The van der Waals surface area contributed by atoms with Crippen molar-refractivity contribution >= 4 is 0 Å². The van der Waals surface area contributed by atoms with E-state index in [1.165, 1.54) is 0 Å². The second-order valence-corrected chi connectivity index (χ2v) is 5.25. The second-order valence-electron chi connectivity index (χ2n) is 5.25. The molecule has 0 amide bonds. The Morgan fingerprint density at radius 3 is 2.94 bits per heavy atom. The van der Waals surface area contributed by atoms with E-state index in [0.29, 0.717) is 5.92 Å². The third kappa shape index (κ3) is 2.05. The quantitative estimate of drug-likeness (QED) is 0.849.